The minimum absolute atomic E-state index is 0.459. The number of rotatable bonds is 5. The van der Waals surface area contributed by atoms with E-state index in [4.69, 9.17) is 16.3 Å². The Labute approximate surface area is 135 Å². The van der Waals surface area contributed by atoms with Crippen LogP contribution in [0.4, 0.5) is 5.82 Å². The predicted molar refractivity (Wildman–Crippen MR) is 87.2 cm³/mol. The first kappa shape index (κ1) is 15.4. The second kappa shape index (κ2) is 7.15. The van der Waals surface area contributed by atoms with Crippen LogP contribution in [0.5, 0.6) is 11.6 Å². The summed E-state index contributed by atoms with van der Waals surface area (Å²) in [5, 5.41) is 4.32. The first-order valence-electron chi connectivity index (χ1n) is 5.92. The van der Waals surface area contributed by atoms with Crippen LogP contribution in [0.1, 0.15) is 6.92 Å². The Morgan fingerprint density at radius 3 is 2.85 bits per heavy atom. The number of nitrogens with zero attached hydrogens (tertiary/aromatic N) is 2. The van der Waals surface area contributed by atoms with Crippen LogP contribution in [0, 0.1) is 0 Å². The van der Waals surface area contributed by atoms with Crippen LogP contribution in [-0.2, 0) is 0 Å². The standard InChI is InChI=1S/C13H13BrClN3OS/c1-3-16-11-7-12(18-13(17-11)20-2)19-10-6-8(14)4-5-9(10)15/h4-7H,3H2,1-2H3,(H,16,17,18). The molecule has 1 aromatic heterocycles. The Hall–Kier alpha value is -0.980. The molecule has 2 aromatic rings. The third-order valence-corrected chi connectivity index (χ3v) is 3.68. The van der Waals surface area contributed by atoms with Gasteiger partial charge >= 0.3 is 0 Å². The van der Waals surface area contributed by atoms with Crippen LogP contribution < -0.4 is 10.1 Å². The quantitative estimate of drug-likeness (QED) is 0.599. The van der Waals surface area contributed by atoms with Gasteiger partial charge in [-0.25, -0.2) is 4.98 Å². The van der Waals surface area contributed by atoms with E-state index in [9.17, 15) is 0 Å². The number of thioether (sulfide) groups is 1. The van der Waals surface area contributed by atoms with E-state index in [1.165, 1.54) is 11.8 Å². The summed E-state index contributed by atoms with van der Waals surface area (Å²) in [4.78, 5) is 8.66. The number of halogens is 2. The Morgan fingerprint density at radius 1 is 1.35 bits per heavy atom. The molecule has 7 heteroatoms. The van der Waals surface area contributed by atoms with Gasteiger partial charge in [0.05, 0.1) is 5.02 Å². The summed E-state index contributed by atoms with van der Waals surface area (Å²) < 4.78 is 6.64. The minimum atomic E-state index is 0.459. The van der Waals surface area contributed by atoms with Crippen LogP contribution in [-0.4, -0.2) is 22.8 Å². The lowest BCUT2D eigenvalue weighted by Crippen LogP contribution is -2.02. The van der Waals surface area contributed by atoms with Crippen molar-refractivity contribution in [3.05, 3.63) is 33.8 Å². The second-order valence-corrected chi connectivity index (χ2v) is 5.88. The molecule has 1 aromatic carbocycles. The van der Waals surface area contributed by atoms with E-state index in [0.29, 0.717) is 21.8 Å². The molecule has 1 N–H and O–H groups in total. The lowest BCUT2D eigenvalue weighted by atomic mass is 10.3. The minimum Gasteiger partial charge on any atom is -0.437 e. The highest BCUT2D eigenvalue weighted by Crippen LogP contribution is 2.32. The van der Waals surface area contributed by atoms with Crippen molar-refractivity contribution < 1.29 is 4.74 Å². The van der Waals surface area contributed by atoms with Gasteiger partial charge in [-0.1, -0.05) is 39.3 Å². The maximum absolute atomic E-state index is 6.11. The average Bonchev–Trinajstić information content (AvgIpc) is 2.43. The van der Waals surface area contributed by atoms with E-state index in [1.54, 1.807) is 18.2 Å². The molecule has 0 spiro atoms. The Bertz CT molecular complexity index is 612. The molecular formula is C13H13BrClN3OS. The van der Waals surface area contributed by atoms with Crippen molar-refractivity contribution in [1.29, 1.82) is 0 Å². The molecule has 106 valence electrons. The number of ether oxygens (including phenoxy) is 1. The van der Waals surface area contributed by atoms with Gasteiger partial charge in [-0.3, -0.25) is 0 Å². The van der Waals surface area contributed by atoms with Crippen molar-refractivity contribution in [2.75, 3.05) is 18.1 Å². The van der Waals surface area contributed by atoms with Crippen LogP contribution in [0.3, 0.4) is 0 Å². The normalized spacial score (nSPS) is 10.4. The molecule has 0 bridgehead atoms. The van der Waals surface area contributed by atoms with Crippen molar-refractivity contribution >= 4 is 45.1 Å². The molecule has 0 fully saturated rings. The highest BCUT2D eigenvalue weighted by atomic mass is 79.9. The van der Waals surface area contributed by atoms with E-state index in [2.05, 4.69) is 31.2 Å². The smallest absolute Gasteiger partial charge is 0.225 e. The van der Waals surface area contributed by atoms with Gasteiger partial charge < -0.3 is 10.1 Å². The fourth-order valence-electron chi connectivity index (χ4n) is 1.49. The van der Waals surface area contributed by atoms with Crippen molar-refractivity contribution in [2.45, 2.75) is 12.1 Å². The third kappa shape index (κ3) is 4.01. The van der Waals surface area contributed by atoms with Crippen molar-refractivity contribution in [3.8, 4) is 11.6 Å². The molecule has 1 heterocycles. The molecule has 0 unspecified atom stereocenters. The summed E-state index contributed by atoms with van der Waals surface area (Å²) in [7, 11) is 0. The van der Waals surface area contributed by atoms with E-state index in [0.717, 1.165) is 16.8 Å². The fraction of sp³-hybridized carbons (Fsp3) is 0.231. The predicted octanol–water partition coefficient (Wildman–Crippen LogP) is 4.84. The number of aromatic nitrogens is 2. The summed E-state index contributed by atoms with van der Waals surface area (Å²) in [6.45, 7) is 2.79. The van der Waals surface area contributed by atoms with E-state index in [-0.39, 0.29) is 0 Å². The van der Waals surface area contributed by atoms with Gasteiger partial charge in [0.25, 0.3) is 0 Å². The summed E-state index contributed by atoms with van der Waals surface area (Å²) in [5.41, 5.74) is 0. The zero-order valence-electron chi connectivity index (χ0n) is 11.0. The lowest BCUT2D eigenvalue weighted by Gasteiger charge is -2.10. The molecular weight excluding hydrogens is 362 g/mol. The fourth-order valence-corrected chi connectivity index (χ4v) is 2.35. The van der Waals surface area contributed by atoms with Gasteiger partial charge in [0.2, 0.25) is 5.88 Å². The molecule has 0 radical (unpaired) electrons. The van der Waals surface area contributed by atoms with Crippen molar-refractivity contribution in [2.24, 2.45) is 0 Å². The number of anilines is 1. The SMILES string of the molecule is CCNc1cc(Oc2cc(Br)ccc2Cl)nc(SC)n1. The summed E-state index contributed by atoms with van der Waals surface area (Å²) in [6, 6.07) is 7.17. The van der Waals surface area contributed by atoms with Crippen LogP contribution in [0.2, 0.25) is 5.02 Å². The summed E-state index contributed by atoms with van der Waals surface area (Å²) in [5.74, 6) is 1.74. The number of benzene rings is 1. The number of hydrogen-bond acceptors (Lipinski definition) is 5. The molecule has 0 amide bonds. The van der Waals surface area contributed by atoms with Gasteiger partial charge in [-0.15, -0.1) is 0 Å². The van der Waals surface area contributed by atoms with Crippen LogP contribution in [0.25, 0.3) is 0 Å². The topological polar surface area (TPSA) is 47.0 Å². The van der Waals surface area contributed by atoms with E-state index >= 15 is 0 Å². The van der Waals surface area contributed by atoms with E-state index < -0.39 is 0 Å². The van der Waals surface area contributed by atoms with Crippen LogP contribution in [0.15, 0.2) is 33.9 Å². The lowest BCUT2D eigenvalue weighted by molar-refractivity contribution is 0.456. The summed E-state index contributed by atoms with van der Waals surface area (Å²) in [6.07, 6.45) is 1.92. The molecule has 0 atom stereocenters. The third-order valence-electron chi connectivity index (χ3n) is 2.33. The van der Waals surface area contributed by atoms with E-state index in [1.807, 2.05) is 19.2 Å². The highest BCUT2D eigenvalue weighted by molar-refractivity contribution is 9.10. The molecule has 20 heavy (non-hydrogen) atoms. The molecule has 2 rings (SSSR count). The maximum Gasteiger partial charge on any atom is 0.225 e. The largest absolute Gasteiger partial charge is 0.437 e. The Balaban J connectivity index is 2.32. The molecule has 0 aliphatic carbocycles. The van der Waals surface area contributed by atoms with Gasteiger partial charge in [0.15, 0.2) is 5.16 Å². The Kier molecular flexibility index (Phi) is 5.51. The molecule has 0 saturated carbocycles. The average molecular weight is 375 g/mol. The molecule has 0 saturated heterocycles. The second-order valence-electron chi connectivity index (χ2n) is 3.79. The zero-order chi connectivity index (χ0) is 14.5. The van der Waals surface area contributed by atoms with Gasteiger partial charge in [0.1, 0.15) is 11.6 Å². The molecule has 0 aliphatic heterocycles. The number of hydrogen-bond donors (Lipinski definition) is 1. The molecule has 4 nitrogen and oxygen atoms in total. The van der Waals surface area contributed by atoms with Gasteiger partial charge in [-0.05, 0) is 31.4 Å². The first-order chi connectivity index (χ1) is 9.62. The molecule has 0 aliphatic rings. The monoisotopic (exact) mass is 373 g/mol. The summed E-state index contributed by atoms with van der Waals surface area (Å²) >= 11 is 11.0. The van der Waals surface area contributed by atoms with Crippen molar-refractivity contribution in [3.63, 3.8) is 0 Å². The Morgan fingerprint density at radius 2 is 2.15 bits per heavy atom. The first-order valence-corrected chi connectivity index (χ1v) is 8.31. The highest BCUT2D eigenvalue weighted by Gasteiger charge is 2.08. The number of nitrogens with one attached hydrogen (secondary N) is 1. The van der Waals surface area contributed by atoms with Crippen LogP contribution >= 0.6 is 39.3 Å². The van der Waals surface area contributed by atoms with Gasteiger partial charge in [0, 0.05) is 17.1 Å². The van der Waals surface area contributed by atoms with Crippen molar-refractivity contribution in [1.82, 2.24) is 9.97 Å². The van der Waals surface area contributed by atoms with Gasteiger partial charge in [-0.2, -0.15) is 4.98 Å². The zero-order valence-corrected chi connectivity index (χ0v) is 14.1. The maximum atomic E-state index is 6.11.